The Morgan fingerprint density at radius 3 is 2.25 bits per heavy atom. The molecular formula is C20H21N3O3S2. The maximum Gasteiger partial charge on any atom is 0.263 e. The third-order valence-corrected chi connectivity index (χ3v) is 6.33. The number of hydrogen-bond acceptors (Lipinski definition) is 5. The molecule has 1 amide bonds. The van der Waals surface area contributed by atoms with Gasteiger partial charge >= 0.3 is 0 Å². The van der Waals surface area contributed by atoms with Crippen LogP contribution in [-0.2, 0) is 14.8 Å². The quantitative estimate of drug-likeness (QED) is 0.611. The van der Waals surface area contributed by atoms with E-state index in [0.717, 1.165) is 11.1 Å². The average molecular weight is 416 g/mol. The van der Waals surface area contributed by atoms with Gasteiger partial charge in [0, 0.05) is 23.6 Å². The number of carbonyl (C=O) groups is 1. The first-order valence-corrected chi connectivity index (χ1v) is 11.1. The second-order valence-electron chi connectivity index (χ2n) is 6.63. The van der Waals surface area contributed by atoms with E-state index in [1.165, 1.54) is 18.3 Å². The number of amides is 1. The molecule has 2 N–H and O–H groups in total. The largest absolute Gasteiger partial charge is 0.326 e. The lowest BCUT2D eigenvalue weighted by molar-refractivity contribution is -0.114. The summed E-state index contributed by atoms with van der Waals surface area (Å²) in [5.41, 5.74) is 3.26. The van der Waals surface area contributed by atoms with Gasteiger partial charge in [-0.25, -0.2) is 13.4 Å². The number of anilines is 2. The number of thiazole rings is 1. The van der Waals surface area contributed by atoms with Crippen LogP contribution in [0.25, 0.3) is 11.3 Å². The average Bonchev–Trinajstić information content (AvgIpc) is 3.09. The molecule has 0 spiro atoms. The molecule has 1 aromatic heterocycles. The molecule has 0 atom stereocenters. The molecule has 8 heteroatoms. The number of nitrogens with one attached hydrogen (secondary N) is 2. The third kappa shape index (κ3) is 4.76. The molecular weight excluding hydrogens is 394 g/mol. The van der Waals surface area contributed by atoms with Crippen LogP contribution in [0.4, 0.5) is 10.8 Å². The number of carbonyl (C=O) groups excluding carboxylic acids is 1. The number of aromatic nitrogens is 1. The fourth-order valence-electron chi connectivity index (χ4n) is 2.59. The zero-order valence-electron chi connectivity index (χ0n) is 15.8. The summed E-state index contributed by atoms with van der Waals surface area (Å²) in [7, 11) is -3.69. The number of hydrogen-bond donors (Lipinski definition) is 2. The van der Waals surface area contributed by atoms with Crippen molar-refractivity contribution >= 4 is 38.1 Å². The third-order valence-electron chi connectivity index (χ3n) is 4.08. The van der Waals surface area contributed by atoms with Crippen molar-refractivity contribution < 1.29 is 13.2 Å². The van der Waals surface area contributed by atoms with Gasteiger partial charge in [-0.15, -0.1) is 11.3 Å². The van der Waals surface area contributed by atoms with Crippen LogP contribution in [0.15, 0.2) is 58.8 Å². The second kappa shape index (κ2) is 8.12. The Balaban J connectivity index is 1.75. The van der Waals surface area contributed by atoms with E-state index in [2.05, 4.69) is 28.9 Å². The molecule has 6 nitrogen and oxygen atoms in total. The Bertz CT molecular complexity index is 1070. The lowest BCUT2D eigenvalue weighted by Crippen LogP contribution is -2.12. The Morgan fingerprint density at radius 1 is 1.04 bits per heavy atom. The van der Waals surface area contributed by atoms with Crippen LogP contribution in [0, 0.1) is 0 Å². The lowest BCUT2D eigenvalue weighted by Gasteiger charge is -2.08. The van der Waals surface area contributed by atoms with Crippen molar-refractivity contribution in [2.45, 2.75) is 31.6 Å². The fourth-order valence-corrected chi connectivity index (χ4v) is 4.56. The summed E-state index contributed by atoms with van der Waals surface area (Å²) in [6.45, 7) is 5.56. The number of rotatable bonds is 6. The fraction of sp³-hybridized carbons (Fsp3) is 0.200. The van der Waals surface area contributed by atoms with Gasteiger partial charge in [-0.05, 0) is 35.7 Å². The predicted molar refractivity (Wildman–Crippen MR) is 113 cm³/mol. The van der Waals surface area contributed by atoms with E-state index in [9.17, 15) is 13.2 Å². The zero-order valence-corrected chi connectivity index (χ0v) is 17.4. The van der Waals surface area contributed by atoms with Crippen molar-refractivity contribution in [2.75, 3.05) is 10.0 Å². The molecule has 0 saturated heterocycles. The lowest BCUT2D eigenvalue weighted by atomic mass is 10.0. The van der Waals surface area contributed by atoms with Crippen LogP contribution in [0.2, 0.25) is 0 Å². The number of nitrogens with zero attached hydrogens (tertiary/aromatic N) is 1. The summed E-state index contributed by atoms with van der Waals surface area (Å²) in [6, 6.07) is 14.0. The molecule has 2 aromatic carbocycles. The Morgan fingerprint density at radius 2 is 1.68 bits per heavy atom. The van der Waals surface area contributed by atoms with E-state index in [-0.39, 0.29) is 10.8 Å². The highest BCUT2D eigenvalue weighted by Gasteiger charge is 2.17. The van der Waals surface area contributed by atoms with Gasteiger partial charge in [0.1, 0.15) is 0 Å². The van der Waals surface area contributed by atoms with E-state index < -0.39 is 10.0 Å². The highest BCUT2D eigenvalue weighted by atomic mass is 32.2. The van der Waals surface area contributed by atoms with Gasteiger partial charge in [-0.1, -0.05) is 38.1 Å². The minimum atomic E-state index is -3.69. The molecule has 0 bridgehead atoms. The van der Waals surface area contributed by atoms with Crippen molar-refractivity contribution in [1.82, 2.24) is 4.98 Å². The second-order valence-corrected chi connectivity index (χ2v) is 9.17. The highest BCUT2D eigenvalue weighted by molar-refractivity contribution is 7.93. The van der Waals surface area contributed by atoms with Crippen LogP contribution >= 0.6 is 11.3 Å². The Labute approximate surface area is 168 Å². The first-order chi connectivity index (χ1) is 13.2. The molecule has 0 radical (unpaired) electrons. The van der Waals surface area contributed by atoms with Gasteiger partial charge in [0.05, 0.1) is 10.6 Å². The molecule has 28 heavy (non-hydrogen) atoms. The molecule has 0 aliphatic rings. The molecule has 0 saturated carbocycles. The summed E-state index contributed by atoms with van der Waals surface area (Å²) < 4.78 is 27.7. The van der Waals surface area contributed by atoms with Gasteiger partial charge in [0.2, 0.25) is 5.91 Å². The maximum absolute atomic E-state index is 12.6. The van der Waals surface area contributed by atoms with Gasteiger partial charge in [0.25, 0.3) is 10.0 Å². The molecule has 0 unspecified atom stereocenters. The van der Waals surface area contributed by atoms with Crippen LogP contribution < -0.4 is 10.0 Å². The summed E-state index contributed by atoms with van der Waals surface area (Å²) in [5, 5.41) is 4.79. The maximum atomic E-state index is 12.6. The zero-order chi connectivity index (χ0) is 20.3. The van der Waals surface area contributed by atoms with Gasteiger partial charge < -0.3 is 5.32 Å². The minimum absolute atomic E-state index is 0.139. The first kappa shape index (κ1) is 20.0. The number of sulfonamides is 1. The van der Waals surface area contributed by atoms with Crippen molar-refractivity contribution in [1.29, 1.82) is 0 Å². The van der Waals surface area contributed by atoms with Gasteiger partial charge in [-0.3, -0.25) is 9.52 Å². The van der Waals surface area contributed by atoms with E-state index in [0.29, 0.717) is 22.4 Å². The van der Waals surface area contributed by atoms with E-state index in [4.69, 9.17) is 0 Å². The molecule has 146 valence electrons. The molecule has 0 fully saturated rings. The van der Waals surface area contributed by atoms with Crippen LogP contribution in [0.1, 0.15) is 32.3 Å². The summed E-state index contributed by atoms with van der Waals surface area (Å²) in [6.07, 6.45) is 0. The van der Waals surface area contributed by atoms with Crippen molar-refractivity contribution in [3.05, 3.63) is 59.5 Å². The van der Waals surface area contributed by atoms with Gasteiger partial charge in [-0.2, -0.15) is 0 Å². The highest BCUT2D eigenvalue weighted by Crippen LogP contribution is 2.28. The van der Waals surface area contributed by atoms with Crippen LogP contribution in [-0.4, -0.2) is 19.3 Å². The summed E-state index contributed by atoms with van der Waals surface area (Å²) in [4.78, 5) is 15.7. The first-order valence-electron chi connectivity index (χ1n) is 8.71. The van der Waals surface area contributed by atoms with E-state index in [1.807, 2.05) is 24.3 Å². The Hall–Kier alpha value is -2.71. The summed E-state index contributed by atoms with van der Waals surface area (Å²) >= 11 is 1.22. The van der Waals surface area contributed by atoms with E-state index >= 15 is 0 Å². The van der Waals surface area contributed by atoms with E-state index in [1.54, 1.807) is 29.6 Å². The standard InChI is InChI=1S/C20H21N3O3S2/c1-13(2)15-6-10-18(11-7-15)28(25,26)23-20-22-19(12-27-20)16-4-8-17(9-5-16)21-14(3)24/h4-13H,1-3H3,(H,21,24)(H,22,23). The summed E-state index contributed by atoms with van der Waals surface area (Å²) in [5.74, 6) is 0.197. The molecule has 0 aliphatic carbocycles. The smallest absolute Gasteiger partial charge is 0.263 e. The van der Waals surface area contributed by atoms with Crippen molar-refractivity contribution in [2.24, 2.45) is 0 Å². The normalized spacial score (nSPS) is 11.4. The molecule has 3 rings (SSSR count). The molecule has 0 aliphatic heterocycles. The minimum Gasteiger partial charge on any atom is -0.326 e. The molecule has 3 aromatic rings. The van der Waals surface area contributed by atoms with Crippen molar-refractivity contribution in [3.63, 3.8) is 0 Å². The molecule has 1 heterocycles. The van der Waals surface area contributed by atoms with Crippen molar-refractivity contribution in [3.8, 4) is 11.3 Å². The SMILES string of the molecule is CC(=O)Nc1ccc(-c2csc(NS(=O)(=O)c3ccc(C(C)C)cc3)n2)cc1. The topological polar surface area (TPSA) is 88.2 Å². The van der Waals surface area contributed by atoms with Gasteiger partial charge in [0.15, 0.2) is 5.13 Å². The Kier molecular flexibility index (Phi) is 5.81. The van der Waals surface area contributed by atoms with Crippen LogP contribution in [0.3, 0.4) is 0 Å². The number of benzene rings is 2. The monoisotopic (exact) mass is 415 g/mol. The van der Waals surface area contributed by atoms with Crippen LogP contribution in [0.5, 0.6) is 0 Å². The predicted octanol–water partition coefficient (Wildman–Crippen LogP) is 4.69.